The summed E-state index contributed by atoms with van der Waals surface area (Å²) < 4.78 is 16.8. The summed E-state index contributed by atoms with van der Waals surface area (Å²) in [7, 11) is 0. The van der Waals surface area contributed by atoms with Crippen molar-refractivity contribution in [1.82, 2.24) is 0 Å². The number of hydrogen-bond acceptors (Lipinski definition) is 6. The van der Waals surface area contributed by atoms with Gasteiger partial charge in [0.1, 0.15) is 13.2 Å². The van der Waals surface area contributed by atoms with Crippen molar-refractivity contribution in [3.63, 3.8) is 0 Å². The summed E-state index contributed by atoms with van der Waals surface area (Å²) in [6, 6.07) is 0. The molecule has 0 radical (unpaired) electrons. The fraction of sp³-hybridized carbons (Fsp3) is 0.807. The average Bonchev–Trinajstić information content (AvgIpc) is 3.28. The van der Waals surface area contributed by atoms with Crippen LogP contribution in [0.5, 0.6) is 0 Å². The highest BCUT2D eigenvalue weighted by Crippen LogP contribution is 2.16. The quantitative estimate of drug-likeness (QED) is 0.0262. The van der Waals surface area contributed by atoms with Crippen LogP contribution in [0.4, 0.5) is 0 Å². The predicted molar refractivity (Wildman–Crippen MR) is 270 cm³/mol. The van der Waals surface area contributed by atoms with Crippen molar-refractivity contribution in [2.75, 3.05) is 13.2 Å². The second kappa shape index (κ2) is 52.0. The number of ether oxygens (including phenoxy) is 3. The molecule has 0 spiro atoms. The molecular formula is C57H102O6. The van der Waals surface area contributed by atoms with Gasteiger partial charge in [-0.1, -0.05) is 249 Å². The Morgan fingerprint density at radius 3 is 0.968 bits per heavy atom. The molecule has 0 aliphatic heterocycles. The SMILES string of the molecule is CC/C=C\C/C=C\C/C=C\C/C=C\CCCCCCC(=O)OCC(COC(=O)CCCCCCCCCCCCCC)OC(=O)CCCCCCCCCCCCCCCCCC. The minimum absolute atomic E-state index is 0.0770. The Bertz CT molecular complexity index is 1110. The van der Waals surface area contributed by atoms with Gasteiger partial charge in [0.05, 0.1) is 0 Å². The summed E-state index contributed by atoms with van der Waals surface area (Å²) in [6.07, 6.45) is 62.4. The molecule has 0 bridgehead atoms. The molecule has 0 N–H and O–H groups in total. The molecule has 63 heavy (non-hydrogen) atoms. The number of hydrogen-bond donors (Lipinski definition) is 0. The van der Waals surface area contributed by atoms with E-state index in [-0.39, 0.29) is 31.1 Å². The van der Waals surface area contributed by atoms with Crippen LogP contribution in [0.25, 0.3) is 0 Å². The lowest BCUT2D eigenvalue weighted by molar-refractivity contribution is -0.167. The summed E-state index contributed by atoms with van der Waals surface area (Å²) in [5, 5.41) is 0. The van der Waals surface area contributed by atoms with Gasteiger partial charge in [-0.15, -0.1) is 0 Å². The van der Waals surface area contributed by atoms with Crippen LogP contribution in [0.3, 0.4) is 0 Å². The predicted octanol–water partition coefficient (Wildman–Crippen LogP) is 17.9. The maximum Gasteiger partial charge on any atom is 0.306 e. The number of esters is 3. The van der Waals surface area contributed by atoms with Crippen molar-refractivity contribution in [1.29, 1.82) is 0 Å². The molecule has 366 valence electrons. The number of rotatable bonds is 49. The average molecular weight is 883 g/mol. The van der Waals surface area contributed by atoms with Gasteiger partial charge in [-0.3, -0.25) is 14.4 Å². The van der Waals surface area contributed by atoms with E-state index in [1.807, 2.05) is 0 Å². The monoisotopic (exact) mass is 883 g/mol. The second-order valence-corrected chi connectivity index (χ2v) is 18.1. The van der Waals surface area contributed by atoms with E-state index in [0.29, 0.717) is 19.3 Å². The van der Waals surface area contributed by atoms with Crippen LogP contribution in [-0.2, 0) is 28.6 Å². The normalized spacial score (nSPS) is 12.4. The summed E-state index contributed by atoms with van der Waals surface area (Å²) in [5.41, 5.74) is 0. The first kappa shape index (κ1) is 60.4. The largest absolute Gasteiger partial charge is 0.462 e. The molecule has 1 unspecified atom stereocenters. The molecule has 1 atom stereocenters. The maximum absolute atomic E-state index is 12.8. The number of carbonyl (C=O) groups is 3. The molecule has 6 nitrogen and oxygen atoms in total. The molecule has 0 amide bonds. The zero-order valence-corrected chi connectivity index (χ0v) is 41.8. The van der Waals surface area contributed by atoms with Gasteiger partial charge in [-0.25, -0.2) is 0 Å². The van der Waals surface area contributed by atoms with E-state index in [1.54, 1.807) is 0 Å². The second-order valence-electron chi connectivity index (χ2n) is 18.1. The number of allylic oxidation sites excluding steroid dienone is 8. The Balaban J connectivity index is 4.38. The lowest BCUT2D eigenvalue weighted by Gasteiger charge is -2.18. The minimum Gasteiger partial charge on any atom is -0.462 e. The van der Waals surface area contributed by atoms with Crippen LogP contribution >= 0.6 is 0 Å². The van der Waals surface area contributed by atoms with E-state index >= 15 is 0 Å². The van der Waals surface area contributed by atoms with E-state index in [1.165, 1.54) is 141 Å². The van der Waals surface area contributed by atoms with Gasteiger partial charge in [-0.2, -0.15) is 0 Å². The Morgan fingerprint density at radius 2 is 0.619 bits per heavy atom. The molecule has 0 rings (SSSR count). The van der Waals surface area contributed by atoms with E-state index in [0.717, 1.165) is 96.3 Å². The highest BCUT2D eigenvalue weighted by atomic mass is 16.6. The summed E-state index contributed by atoms with van der Waals surface area (Å²) in [6.45, 7) is 6.53. The molecule has 0 saturated carbocycles. The van der Waals surface area contributed by atoms with Crippen molar-refractivity contribution in [3.05, 3.63) is 48.6 Å². The first-order valence-corrected chi connectivity index (χ1v) is 27.1. The molecule has 0 aliphatic carbocycles. The van der Waals surface area contributed by atoms with E-state index in [2.05, 4.69) is 69.4 Å². The van der Waals surface area contributed by atoms with Crippen molar-refractivity contribution in [2.24, 2.45) is 0 Å². The summed E-state index contributed by atoms with van der Waals surface area (Å²) in [4.78, 5) is 38.0. The molecular weight excluding hydrogens is 781 g/mol. The lowest BCUT2D eigenvalue weighted by Crippen LogP contribution is -2.30. The van der Waals surface area contributed by atoms with Gasteiger partial charge in [0.15, 0.2) is 6.10 Å². The van der Waals surface area contributed by atoms with E-state index < -0.39 is 6.10 Å². The fourth-order valence-corrected chi connectivity index (χ4v) is 7.79. The fourth-order valence-electron chi connectivity index (χ4n) is 7.79. The summed E-state index contributed by atoms with van der Waals surface area (Å²) in [5.74, 6) is -0.889. The molecule has 0 heterocycles. The molecule has 0 aromatic carbocycles. The molecule has 0 fully saturated rings. The lowest BCUT2D eigenvalue weighted by atomic mass is 10.0. The Labute approximate surface area is 390 Å². The van der Waals surface area contributed by atoms with Gasteiger partial charge in [0.2, 0.25) is 0 Å². The van der Waals surface area contributed by atoms with Crippen LogP contribution in [0.2, 0.25) is 0 Å². The number of unbranched alkanes of at least 4 members (excludes halogenated alkanes) is 30. The van der Waals surface area contributed by atoms with Gasteiger partial charge >= 0.3 is 17.9 Å². The van der Waals surface area contributed by atoms with E-state index in [4.69, 9.17) is 14.2 Å². The van der Waals surface area contributed by atoms with Crippen molar-refractivity contribution >= 4 is 17.9 Å². The van der Waals surface area contributed by atoms with Crippen molar-refractivity contribution < 1.29 is 28.6 Å². The third kappa shape index (κ3) is 50.2. The van der Waals surface area contributed by atoms with Gasteiger partial charge < -0.3 is 14.2 Å². The first-order valence-electron chi connectivity index (χ1n) is 27.1. The Hall–Kier alpha value is -2.63. The van der Waals surface area contributed by atoms with E-state index in [9.17, 15) is 14.4 Å². The van der Waals surface area contributed by atoms with Crippen molar-refractivity contribution in [2.45, 2.75) is 284 Å². The topological polar surface area (TPSA) is 78.9 Å². The van der Waals surface area contributed by atoms with Gasteiger partial charge in [0.25, 0.3) is 0 Å². The van der Waals surface area contributed by atoms with Crippen LogP contribution in [0.1, 0.15) is 278 Å². The van der Waals surface area contributed by atoms with Crippen LogP contribution in [-0.4, -0.2) is 37.2 Å². The highest BCUT2D eigenvalue weighted by molar-refractivity contribution is 5.71. The van der Waals surface area contributed by atoms with Gasteiger partial charge in [0, 0.05) is 19.3 Å². The molecule has 0 aromatic rings. The smallest absolute Gasteiger partial charge is 0.306 e. The first-order chi connectivity index (χ1) is 31.0. The van der Waals surface area contributed by atoms with Crippen LogP contribution in [0.15, 0.2) is 48.6 Å². The highest BCUT2D eigenvalue weighted by Gasteiger charge is 2.19. The minimum atomic E-state index is -0.778. The van der Waals surface area contributed by atoms with Crippen molar-refractivity contribution in [3.8, 4) is 0 Å². The zero-order chi connectivity index (χ0) is 45.8. The molecule has 0 aliphatic rings. The molecule has 0 saturated heterocycles. The van der Waals surface area contributed by atoms with Crippen LogP contribution in [0, 0.1) is 0 Å². The van der Waals surface area contributed by atoms with Crippen LogP contribution < -0.4 is 0 Å². The standard InChI is InChI=1S/C57H102O6/c1-4-7-10-13-16-19-22-25-27-29-31-32-35-38-41-44-47-50-56(59)62-53-54(52-61-55(58)49-46-43-40-37-34-24-21-18-15-12-9-6-3)63-57(60)51-48-45-42-39-36-33-30-28-26-23-20-17-14-11-8-5-2/h7,10,16,19,25,27,31-32,54H,4-6,8-9,11-15,17-18,20-24,26,28-30,33-53H2,1-3H3/b10-7-,19-16-,27-25-,32-31-. The summed E-state index contributed by atoms with van der Waals surface area (Å²) >= 11 is 0. The zero-order valence-electron chi connectivity index (χ0n) is 41.8. The van der Waals surface area contributed by atoms with Gasteiger partial charge in [-0.05, 0) is 57.8 Å². The Kier molecular flexibility index (Phi) is 49.8. The molecule has 6 heteroatoms. The third-order valence-electron chi connectivity index (χ3n) is 11.8. The maximum atomic E-state index is 12.8. The molecule has 0 aromatic heterocycles. The number of carbonyl (C=O) groups excluding carboxylic acids is 3. The Morgan fingerprint density at radius 1 is 0.333 bits per heavy atom. The third-order valence-corrected chi connectivity index (χ3v) is 11.8.